The highest BCUT2D eigenvalue weighted by Crippen LogP contribution is 2.36. The first kappa shape index (κ1) is 17.7. The van der Waals surface area contributed by atoms with E-state index in [1.807, 2.05) is 4.90 Å². The minimum absolute atomic E-state index is 0.0952. The van der Waals surface area contributed by atoms with Crippen LogP contribution in [0.3, 0.4) is 0 Å². The largest absolute Gasteiger partial charge is 0.371 e. The lowest BCUT2D eigenvalue weighted by atomic mass is 9.82. The van der Waals surface area contributed by atoms with Crippen LogP contribution in [0.5, 0.6) is 0 Å². The minimum atomic E-state index is -0.0952. The summed E-state index contributed by atoms with van der Waals surface area (Å²) in [5.74, 6) is 2.11. The number of amides is 2. The number of nitrogens with zero attached hydrogens (tertiary/aromatic N) is 1. The molecule has 1 N–H and O–H groups in total. The Bertz CT molecular complexity index is 457. The van der Waals surface area contributed by atoms with Crippen molar-refractivity contribution in [2.45, 2.75) is 64.4 Å². The van der Waals surface area contributed by atoms with Gasteiger partial charge in [0.25, 0.3) is 0 Å². The van der Waals surface area contributed by atoms with Crippen molar-refractivity contribution in [3.05, 3.63) is 0 Å². The standard InChI is InChI=1S/C19H32N2O3/c1-14(2)3-6-18(23)21-12-19(13-21)8-7-16(11-24-19)10-20-17(22)9-15-4-5-15/h14-16H,3-13H2,1-2H3,(H,20,22)/t16-/m0/s1. The summed E-state index contributed by atoms with van der Waals surface area (Å²) >= 11 is 0. The highest BCUT2D eigenvalue weighted by Gasteiger charge is 2.48. The van der Waals surface area contributed by atoms with E-state index in [1.54, 1.807) is 0 Å². The van der Waals surface area contributed by atoms with Crippen LogP contribution in [0.25, 0.3) is 0 Å². The van der Waals surface area contributed by atoms with Crippen LogP contribution in [-0.4, -0.2) is 48.6 Å². The summed E-state index contributed by atoms with van der Waals surface area (Å²) in [7, 11) is 0. The molecular weight excluding hydrogens is 304 g/mol. The third kappa shape index (κ3) is 4.71. The van der Waals surface area contributed by atoms with Crippen LogP contribution >= 0.6 is 0 Å². The molecule has 5 heteroatoms. The number of rotatable bonds is 7. The van der Waals surface area contributed by atoms with Crippen molar-refractivity contribution in [1.29, 1.82) is 0 Å². The summed E-state index contributed by atoms with van der Waals surface area (Å²) < 4.78 is 6.10. The van der Waals surface area contributed by atoms with Crippen LogP contribution in [-0.2, 0) is 14.3 Å². The fraction of sp³-hybridized carbons (Fsp3) is 0.895. The second kappa shape index (κ2) is 7.42. The molecule has 5 nitrogen and oxygen atoms in total. The Morgan fingerprint density at radius 2 is 1.96 bits per heavy atom. The number of carbonyl (C=O) groups excluding carboxylic acids is 2. The molecule has 2 amide bonds. The molecule has 0 aromatic carbocycles. The first-order valence-electron chi connectivity index (χ1n) is 9.64. The number of hydrogen-bond acceptors (Lipinski definition) is 3. The maximum Gasteiger partial charge on any atom is 0.222 e. The third-order valence-electron chi connectivity index (χ3n) is 5.64. The van der Waals surface area contributed by atoms with Crippen LogP contribution < -0.4 is 5.32 Å². The summed E-state index contributed by atoms with van der Waals surface area (Å²) in [4.78, 5) is 25.8. The van der Waals surface area contributed by atoms with E-state index in [9.17, 15) is 9.59 Å². The molecule has 136 valence electrons. The molecule has 3 rings (SSSR count). The quantitative estimate of drug-likeness (QED) is 0.776. The van der Waals surface area contributed by atoms with Crippen molar-refractivity contribution in [1.82, 2.24) is 10.2 Å². The van der Waals surface area contributed by atoms with Crippen molar-refractivity contribution >= 4 is 11.8 Å². The monoisotopic (exact) mass is 336 g/mol. The lowest BCUT2D eigenvalue weighted by molar-refractivity contribution is -0.188. The Balaban J connectivity index is 1.31. The van der Waals surface area contributed by atoms with Gasteiger partial charge < -0.3 is 15.0 Å². The van der Waals surface area contributed by atoms with E-state index in [0.717, 1.165) is 38.9 Å². The van der Waals surface area contributed by atoms with Gasteiger partial charge in [-0.2, -0.15) is 0 Å². The smallest absolute Gasteiger partial charge is 0.222 e. The van der Waals surface area contributed by atoms with Gasteiger partial charge >= 0.3 is 0 Å². The van der Waals surface area contributed by atoms with Crippen LogP contribution in [0.15, 0.2) is 0 Å². The molecular formula is C19H32N2O3. The van der Waals surface area contributed by atoms with E-state index in [-0.39, 0.29) is 17.4 Å². The van der Waals surface area contributed by atoms with Crippen LogP contribution in [0, 0.1) is 17.8 Å². The fourth-order valence-electron chi connectivity index (χ4n) is 3.64. The predicted octanol–water partition coefficient (Wildman–Crippen LogP) is 2.35. The van der Waals surface area contributed by atoms with Gasteiger partial charge in [-0.25, -0.2) is 0 Å². The number of carbonyl (C=O) groups is 2. The molecule has 0 aromatic rings. The number of nitrogens with one attached hydrogen (secondary N) is 1. The molecule has 0 aromatic heterocycles. The Kier molecular flexibility index (Phi) is 5.48. The van der Waals surface area contributed by atoms with E-state index in [1.165, 1.54) is 12.8 Å². The molecule has 2 aliphatic heterocycles. The molecule has 0 unspecified atom stereocenters. The van der Waals surface area contributed by atoms with Crippen molar-refractivity contribution in [3.63, 3.8) is 0 Å². The van der Waals surface area contributed by atoms with Gasteiger partial charge in [-0.05, 0) is 49.9 Å². The lowest BCUT2D eigenvalue weighted by Gasteiger charge is -2.52. The van der Waals surface area contributed by atoms with Gasteiger partial charge in [0, 0.05) is 19.4 Å². The van der Waals surface area contributed by atoms with Gasteiger partial charge in [0.1, 0.15) is 5.60 Å². The normalized spacial score (nSPS) is 25.6. The van der Waals surface area contributed by atoms with Crippen molar-refractivity contribution in [2.75, 3.05) is 26.2 Å². The van der Waals surface area contributed by atoms with E-state index < -0.39 is 0 Å². The molecule has 0 radical (unpaired) electrons. The number of ether oxygens (including phenoxy) is 1. The second-order valence-corrected chi connectivity index (χ2v) is 8.53. The third-order valence-corrected chi connectivity index (χ3v) is 5.64. The number of hydrogen-bond donors (Lipinski definition) is 1. The number of likely N-dealkylation sites (tertiary alicyclic amines) is 1. The van der Waals surface area contributed by atoms with Crippen LogP contribution in [0.2, 0.25) is 0 Å². The highest BCUT2D eigenvalue weighted by molar-refractivity contribution is 5.77. The predicted molar refractivity (Wildman–Crippen MR) is 92.4 cm³/mol. The maximum absolute atomic E-state index is 12.1. The van der Waals surface area contributed by atoms with Crippen molar-refractivity contribution in [2.24, 2.45) is 17.8 Å². The molecule has 2 saturated heterocycles. The Morgan fingerprint density at radius 1 is 1.21 bits per heavy atom. The van der Waals surface area contributed by atoms with Crippen LogP contribution in [0.1, 0.15) is 58.8 Å². The van der Waals surface area contributed by atoms with Crippen molar-refractivity contribution in [3.8, 4) is 0 Å². The summed E-state index contributed by atoms with van der Waals surface area (Å²) in [5, 5.41) is 3.06. The maximum atomic E-state index is 12.1. The Hall–Kier alpha value is -1.10. The van der Waals surface area contributed by atoms with Gasteiger partial charge in [0.2, 0.25) is 11.8 Å². The molecule has 1 saturated carbocycles. The lowest BCUT2D eigenvalue weighted by Crippen LogP contribution is -2.66. The molecule has 0 bridgehead atoms. The first-order chi connectivity index (χ1) is 11.5. The van der Waals surface area contributed by atoms with Crippen LogP contribution in [0.4, 0.5) is 0 Å². The fourth-order valence-corrected chi connectivity index (χ4v) is 3.64. The summed E-state index contributed by atoms with van der Waals surface area (Å²) in [5.41, 5.74) is -0.0952. The summed E-state index contributed by atoms with van der Waals surface area (Å²) in [6.07, 6.45) is 6.84. The molecule has 24 heavy (non-hydrogen) atoms. The van der Waals surface area contributed by atoms with Gasteiger partial charge in [0.15, 0.2) is 0 Å². The van der Waals surface area contributed by atoms with Gasteiger partial charge in [-0.1, -0.05) is 13.8 Å². The first-order valence-corrected chi connectivity index (χ1v) is 9.64. The highest BCUT2D eigenvalue weighted by atomic mass is 16.5. The molecule has 1 atom stereocenters. The van der Waals surface area contributed by atoms with E-state index in [4.69, 9.17) is 4.74 Å². The SMILES string of the molecule is CC(C)CCC(=O)N1CC2(CC[C@@H](CNC(=O)CC3CC3)CO2)C1. The van der Waals surface area contributed by atoms with Gasteiger partial charge in [-0.15, -0.1) is 0 Å². The van der Waals surface area contributed by atoms with E-state index in [2.05, 4.69) is 19.2 Å². The zero-order chi connectivity index (χ0) is 17.2. The topological polar surface area (TPSA) is 58.6 Å². The Morgan fingerprint density at radius 3 is 2.54 bits per heavy atom. The zero-order valence-electron chi connectivity index (χ0n) is 15.2. The molecule has 3 fully saturated rings. The summed E-state index contributed by atoms with van der Waals surface area (Å²) in [6.45, 7) is 7.25. The van der Waals surface area contributed by atoms with Gasteiger partial charge in [-0.3, -0.25) is 9.59 Å². The zero-order valence-corrected chi connectivity index (χ0v) is 15.2. The molecule has 1 spiro atoms. The average molecular weight is 336 g/mol. The van der Waals surface area contributed by atoms with Gasteiger partial charge in [0.05, 0.1) is 19.7 Å². The van der Waals surface area contributed by atoms with E-state index >= 15 is 0 Å². The van der Waals surface area contributed by atoms with E-state index in [0.29, 0.717) is 37.2 Å². The average Bonchev–Trinajstić information content (AvgIpc) is 3.32. The second-order valence-electron chi connectivity index (χ2n) is 8.53. The summed E-state index contributed by atoms with van der Waals surface area (Å²) in [6, 6.07) is 0. The van der Waals surface area contributed by atoms with Crippen molar-refractivity contribution < 1.29 is 14.3 Å². The minimum Gasteiger partial charge on any atom is -0.371 e. The molecule has 1 aliphatic carbocycles. The Labute approximate surface area is 145 Å². The molecule has 2 heterocycles. The molecule has 3 aliphatic rings.